The molecule has 1 saturated heterocycles. The van der Waals surface area contributed by atoms with Gasteiger partial charge in [-0.2, -0.15) is 0 Å². The van der Waals surface area contributed by atoms with Crippen LogP contribution in [-0.4, -0.2) is 43.2 Å². The molecule has 0 bridgehead atoms. The lowest BCUT2D eigenvalue weighted by molar-refractivity contribution is -0.124. The van der Waals surface area contributed by atoms with E-state index in [0.29, 0.717) is 13.1 Å². The second-order valence-corrected chi connectivity index (χ2v) is 2.25. The SMILES string of the molecule is O=C(CO)C1CNCC[N]1. The lowest BCUT2D eigenvalue weighted by Crippen LogP contribution is -2.49. The van der Waals surface area contributed by atoms with Crippen LogP contribution in [0, 0.1) is 0 Å². The first-order chi connectivity index (χ1) is 4.84. The minimum absolute atomic E-state index is 0.188. The van der Waals surface area contributed by atoms with E-state index in [1.54, 1.807) is 0 Å². The molecular weight excluding hydrogens is 132 g/mol. The normalized spacial score (nSPS) is 26.3. The van der Waals surface area contributed by atoms with Gasteiger partial charge in [-0.1, -0.05) is 0 Å². The second-order valence-electron chi connectivity index (χ2n) is 2.25. The highest BCUT2D eigenvalue weighted by molar-refractivity contribution is 5.85. The van der Waals surface area contributed by atoms with Gasteiger partial charge < -0.3 is 10.4 Å². The first-order valence-corrected chi connectivity index (χ1v) is 3.35. The number of nitrogens with zero attached hydrogens (tertiary/aromatic N) is 1. The predicted molar refractivity (Wildman–Crippen MR) is 35.8 cm³/mol. The van der Waals surface area contributed by atoms with E-state index in [4.69, 9.17) is 5.11 Å². The number of carbonyl (C=O) groups excluding carboxylic acids is 1. The highest BCUT2D eigenvalue weighted by Crippen LogP contribution is 1.90. The summed E-state index contributed by atoms with van der Waals surface area (Å²) in [5.74, 6) is -0.188. The van der Waals surface area contributed by atoms with Gasteiger partial charge in [0.05, 0.1) is 6.04 Å². The zero-order chi connectivity index (χ0) is 7.40. The third kappa shape index (κ3) is 1.76. The largest absolute Gasteiger partial charge is 0.389 e. The average Bonchev–Trinajstić information content (AvgIpc) is 2.05. The number of piperazine rings is 1. The number of aliphatic hydroxyl groups excluding tert-OH is 1. The van der Waals surface area contributed by atoms with Crippen LogP contribution in [0.5, 0.6) is 0 Å². The Balaban J connectivity index is 2.31. The van der Waals surface area contributed by atoms with E-state index in [9.17, 15) is 4.79 Å². The Morgan fingerprint density at radius 2 is 2.60 bits per heavy atom. The Kier molecular flexibility index (Phi) is 2.80. The fraction of sp³-hybridized carbons (Fsp3) is 0.833. The Bertz CT molecular complexity index is 121. The Morgan fingerprint density at radius 3 is 3.10 bits per heavy atom. The summed E-state index contributed by atoms with van der Waals surface area (Å²) in [6.07, 6.45) is 0. The molecule has 0 spiro atoms. The number of nitrogens with one attached hydrogen (secondary N) is 1. The molecule has 1 radical (unpaired) electrons. The van der Waals surface area contributed by atoms with E-state index in [1.807, 2.05) is 0 Å². The fourth-order valence-corrected chi connectivity index (χ4v) is 0.924. The molecule has 57 valence electrons. The summed E-state index contributed by atoms with van der Waals surface area (Å²) in [6, 6.07) is -0.307. The van der Waals surface area contributed by atoms with Crippen LogP contribution in [0.2, 0.25) is 0 Å². The number of ketones is 1. The van der Waals surface area contributed by atoms with Crippen molar-refractivity contribution >= 4 is 5.78 Å². The van der Waals surface area contributed by atoms with Crippen molar-refractivity contribution in [3.63, 3.8) is 0 Å². The maximum atomic E-state index is 10.8. The predicted octanol–water partition coefficient (Wildman–Crippen LogP) is -1.88. The third-order valence-corrected chi connectivity index (χ3v) is 1.50. The van der Waals surface area contributed by atoms with Crippen LogP contribution in [0.15, 0.2) is 0 Å². The first kappa shape index (κ1) is 7.65. The summed E-state index contributed by atoms with van der Waals surface area (Å²) in [6.45, 7) is 1.71. The molecule has 10 heavy (non-hydrogen) atoms. The molecule has 0 aromatic rings. The number of carbonyl (C=O) groups is 1. The highest BCUT2D eigenvalue weighted by atomic mass is 16.3. The first-order valence-electron chi connectivity index (χ1n) is 3.35. The maximum Gasteiger partial charge on any atom is 0.177 e. The van der Waals surface area contributed by atoms with Gasteiger partial charge in [-0.15, -0.1) is 0 Å². The molecule has 0 aromatic heterocycles. The average molecular weight is 143 g/mol. The van der Waals surface area contributed by atoms with Crippen LogP contribution in [0.25, 0.3) is 0 Å². The maximum absolute atomic E-state index is 10.8. The van der Waals surface area contributed by atoms with Crippen molar-refractivity contribution < 1.29 is 9.90 Å². The van der Waals surface area contributed by atoms with E-state index in [1.165, 1.54) is 0 Å². The van der Waals surface area contributed by atoms with Gasteiger partial charge >= 0.3 is 0 Å². The van der Waals surface area contributed by atoms with Crippen molar-refractivity contribution in [2.75, 3.05) is 26.2 Å². The van der Waals surface area contributed by atoms with Crippen molar-refractivity contribution in [1.29, 1.82) is 0 Å². The molecule has 1 rings (SSSR count). The summed E-state index contributed by atoms with van der Waals surface area (Å²) in [7, 11) is 0. The molecule has 1 aliphatic rings. The lowest BCUT2D eigenvalue weighted by atomic mass is 10.1. The van der Waals surface area contributed by atoms with E-state index in [0.717, 1.165) is 6.54 Å². The van der Waals surface area contributed by atoms with Crippen molar-refractivity contribution in [2.45, 2.75) is 6.04 Å². The molecule has 4 nitrogen and oxygen atoms in total. The standard InChI is InChI=1S/C6H11N2O2/c9-4-6(10)5-3-7-1-2-8-5/h5,7,9H,1-4H2. The monoisotopic (exact) mass is 143 g/mol. The minimum Gasteiger partial charge on any atom is -0.389 e. The van der Waals surface area contributed by atoms with Gasteiger partial charge in [-0.05, 0) is 0 Å². The van der Waals surface area contributed by atoms with E-state index in [2.05, 4.69) is 10.6 Å². The molecule has 1 unspecified atom stereocenters. The smallest absolute Gasteiger partial charge is 0.177 e. The topological polar surface area (TPSA) is 63.4 Å². The Hall–Kier alpha value is -0.450. The lowest BCUT2D eigenvalue weighted by Gasteiger charge is -2.20. The number of aliphatic hydroxyl groups is 1. The van der Waals surface area contributed by atoms with Crippen molar-refractivity contribution in [2.24, 2.45) is 0 Å². The molecule has 1 atom stereocenters. The van der Waals surface area contributed by atoms with Crippen LogP contribution in [0.1, 0.15) is 0 Å². The number of hydrogen-bond donors (Lipinski definition) is 2. The van der Waals surface area contributed by atoms with Gasteiger partial charge in [-0.25, -0.2) is 5.32 Å². The van der Waals surface area contributed by atoms with Gasteiger partial charge in [0, 0.05) is 19.6 Å². The van der Waals surface area contributed by atoms with Crippen LogP contribution in [0.3, 0.4) is 0 Å². The summed E-state index contributed by atoms with van der Waals surface area (Å²) in [5, 5.41) is 15.5. The highest BCUT2D eigenvalue weighted by Gasteiger charge is 2.19. The summed E-state index contributed by atoms with van der Waals surface area (Å²) < 4.78 is 0. The second kappa shape index (κ2) is 3.65. The van der Waals surface area contributed by atoms with Gasteiger partial charge in [0.1, 0.15) is 6.61 Å². The fourth-order valence-electron chi connectivity index (χ4n) is 0.924. The van der Waals surface area contributed by atoms with Gasteiger partial charge in [-0.3, -0.25) is 4.79 Å². The molecule has 0 aromatic carbocycles. The van der Waals surface area contributed by atoms with Gasteiger partial charge in [0.25, 0.3) is 0 Å². The quantitative estimate of drug-likeness (QED) is 0.475. The van der Waals surface area contributed by atoms with Crippen LogP contribution >= 0.6 is 0 Å². The van der Waals surface area contributed by atoms with Gasteiger partial charge in [0.2, 0.25) is 0 Å². The van der Waals surface area contributed by atoms with Crippen LogP contribution < -0.4 is 10.6 Å². The zero-order valence-corrected chi connectivity index (χ0v) is 5.71. The Labute approximate surface area is 59.6 Å². The van der Waals surface area contributed by atoms with E-state index >= 15 is 0 Å². The third-order valence-electron chi connectivity index (χ3n) is 1.50. The molecule has 0 aliphatic carbocycles. The van der Waals surface area contributed by atoms with Crippen LogP contribution in [0.4, 0.5) is 0 Å². The molecule has 1 aliphatic heterocycles. The summed E-state index contributed by atoms with van der Waals surface area (Å²) in [4.78, 5) is 10.8. The molecular formula is C6H11N2O2. The van der Waals surface area contributed by atoms with Gasteiger partial charge in [0.15, 0.2) is 5.78 Å². The summed E-state index contributed by atoms with van der Waals surface area (Å²) >= 11 is 0. The number of Topliss-reactive ketones (excluding diaryl/α,β-unsaturated/α-hetero) is 1. The van der Waals surface area contributed by atoms with Crippen LogP contribution in [-0.2, 0) is 4.79 Å². The number of hydrogen-bond acceptors (Lipinski definition) is 3. The van der Waals surface area contributed by atoms with Crippen molar-refractivity contribution in [3.8, 4) is 0 Å². The van der Waals surface area contributed by atoms with E-state index in [-0.39, 0.29) is 11.8 Å². The molecule has 1 heterocycles. The van der Waals surface area contributed by atoms with Crippen molar-refractivity contribution in [3.05, 3.63) is 0 Å². The van der Waals surface area contributed by atoms with Crippen molar-refractivity contribution in [1.82, 2.24) is 10.6 Å². The molecule has 4 heteroatoms. The zero-order valence-electron chi connectivity index (χ0n) is 5.71. The minimum atomic E-state index is -0.393. The molecule has 0 saturated carbocycles. The number of rotatable bonds is 2. The molecule has 0 amide bonds. The molecule has 2 N–H and O–H groups in total. The summed E-state index contributed by atoms with van der Waals surface area (Å²) in [5.41, 5.74) is 0. The van der Waals surface area contributed by atoms with E-state index < -0.39 is 6.61 Å². The molecule has 1 fully saturated rings. The Morgan fingerprint density at radius 1 is 1.80 bits per heavy atom.